The van der Waals surface area contributed by atoms with Crippen molar-refractivity contribution in [2.45, 2.75) is 62.7 Å². The van der Waals surface area contributed by atoms with Crippen molar-refractivity contribution in [1.29, 1.82) is 0 Å². The zero-order chi connectivity index (χ0) is 27.1. The first kappa shape index (κ1) is 30.9. The van der Waals surface area contributed by atoms with Crippen LogP contribution in [-0.4, -0.2) is 76.3 Å². The molecule has 13 heteroatoms. The van der Waals surface area contributed by atoms with Crippen LogP contribution in [-0.2, 0) is 30.4 Å². The highest BCUT2D eigenvalue weighted by Crippen LogP contribution is 2.06. The van der Waals surface area contributed by atoms with Gasteiger partial charge in [-0.15, -0.1) is 0 Å². The van der Waals surface area contributed by atoms with Gasteiger partial charge in [-0.25, -0.2) is 4.79 Å². The van der Waals surface area contributed by atoms with Crippen molar-refractivity contribution in [3.05, 3.63) is 35.9 Å². The summed E-state index contributed by atoms with van der Waals surface area (Å²) in [6, 6.07) is 4.00. The molecule has 0 aromatic heterocycles. The number of carbonyl (C=O) groups is 5. The molecule has 0 aliphatic carbocycles. The summed E-state index contributed by atoms with van der Waals surface area (Å²) in [4.78, 5) is 60.7. The molecule has 0 aliphatic rings. The molecule has 1 aromatic carbocycles. The third-order valence-electron chi connectivity index (χ3n) is 5.30. The maximum Gasteiger partial charge on any atom is 0.326 e. The number of thiol groups is 1. The van der Waals surface area contributed by atoms with Crippen molar-refractivity contribution in [1.82, 2.24) is 16.0 Å². The number of nitrogens with two attached hydrogens (primary N) is 2. The van der Waals surface area contributed by atoms with Crippen LogP contribution in [0.25, 0.3) is 0 Å². The Morgan fingerprint density at radius 2 is 1.42 bits per heavy atom. The molecule has 12 nitrogen and oxygen atoms in total. The zero-order valence-electron chi connectivity index (χ0n) is 19.9. The smallest absolute Gasteiger partial charge is 0.326 e. The monoisotopic (exact) mass is 525 g/mol. The summed E-state index contributed by atoms with van der Waals surface area (Å²) in [7, 11) is 0. The number of aliphatic carboxylic acids is 2. The van der Waals surface area contributed by atoms with Gasteiger partial charge in [-0.3, -0.25) is 19.2 Å². The highest BCUT2D eigenvalue weighted by Gasteiger charge is 2.30. The molecular weight excluding hydrogens is 490 g/mol. The van der Waals surface area contributed by atoms with Gasteiger partial charge in [0, 0.05) is 18.6 Å². The van der Waals surface area contributed by atoms with Gasteiger partial charge in [-0.05, 0) is 31.4 Å². The molecule has 0 aliphatic heterocycles. The summed E-state index contributed by atoms with van der Waals surface area (Å²) in [5, 5.41) is 25.8. The van der Waals surface area contributed by atoms with Crippen LogP contribution >= 0.6 is 12.6 Å². The molecule has 0 fully saturated rings. The summed E-state index contributed by atoms with van der Waals surface area (Å²) in [6.07, 6.45) is 0.965. The van der Waals surface area contributed by atoms with Gasteiger partial charge >= 0.3 is 11.9 Å². The fourth-order valence-electron chi connectivity index (χ4n) is 3.24. The highest BCUT2D eigenvalue weighted by atomic mass is 32.1. The lowest BCUT2D eigenvalue weighted by atomic mass is 10.1. The fourth-order valence-corrected chi connectivity index (χ4v) is 3.50. The minimum absolute atomic E-state index is 0.0223. The summed E-state index contributed by atoms with van der Waals surface area (Å²) >= 11 is 4.07. The van der Waals surface area contributed by atoms with E-state index in [9.17, 15) is 29.1 Å². The predicted molar refractivity (Wildman–Crippen MR) is 135 cm³/mol. The lowest BCUT2D eigenvalue weighted by Gasteiger charge is -2.24. The molecule has 0 saturated heterocycles. The van der Waals surface area contributed by atoms with Gasteiger partial charge in [0.05, 0.1) is 6.04 Å². The molecule has 0 spiro atoms. The first-order valence-electron chi connectivity index (χ1n) is 11.5. The number of hydrogen-bond donors (Lipinski definition) is 8. The normalized spacial score (nSPS) is 14.1. The zero-order valence-corrected chi connectivity index (χ0v) is 20.8. The highest BCUT2D eigenvalue weighted by molar-refractivity contribution is 7.80. The SMILES string of the molecule is NCCCCC(N)C(=O)NC(CCC(=O)O)C(=O)NC(CS)C(=O)NC(Cc1ccccc1)C(=O)O. The van der Waals surface area contributed by atoms with Gasteiger partial charge in [-0.1, -0.05) is 36.8 Å². The van der Waals surface area contributed by atoms with Crippen LogP contribution in [0.5, 0.6) is 0 Å². The number of nitrogens with one attached hydrogen (secondary N) is 3. The molecular formula is C23H35N5O7S. The first-order valence-corrected chi connectivity index (χ1v) is 12.2. The molecule has 1 rings (SSSR count). The Morgan fingerprint density at radius 1 is 0.833 bits per heavy atom. The van der Waals surface area contributed by atoms with E-state index < -0.39 is 60.2 Å². The molecule has 0 heterocycles. The van der Waals surface area contributed by atoms with E-state index >= 15 is 0 Å². The van der Waals surface area contributed by atoms with Crippen molar-refractivity contribution >= 4 is 42.3 Å². The Kier molecular flexibility index (Phi) is 14.1. The topological polar surface area (TPSA) is 214 Å². The number of rotatable bonds is 17. The van der Waals surface area contributed by atoms with Crippen molar-refractivity contribution in [2.75, 3.05) is 12.3 Å². The molecule has 36 heavy (non-hydrogen) atoms. The summed E-state index contributed by atoms with van der Waals surface area (Å²) < 4.78 is 0. The Labute approximate surface area is 215 Å². The van der Waals surface area contributed by atoms with Crippen LogP contribution < -0.4 is 27.4 Å². The number of amides is 3. The van der Waals surface area contributed by atoms with E-state index in [0.717, 1.165) is 0 Å². The van der Waals surface area contributed by atoms with Crippen LogP contribution in [0, 0.1) is 0 Å². The first-order chi connectivity index (χ1) is 17.1. The number of carbonyl (C=O) groups excluding carboxylic acids is 3. The molecule has 0 bridgehead atoms. The number of benzene rings is 1. The summed E-state index contributed by atoms with van der Waals surface area (Å²) in [5.41, 5.74) is 12.0. The van der Waals surface area contributed by atoms with E-state index in [4.69, 9.17) is 16.6 Å². The van der Waals surface area contributed by atoms with E-state index in [2.05, 4.69) is 28.6 Å². The third-order valence-corrected chi connectivity index (χ3v) is 5.66. The molecule has 200 valence electrons. The third kappa shape index (κ3) is 11.5. The van der Waals surface area contributed by atoms with E-state index in [1.54, 1.807) is 30.3 Å². The van der Waals surface area contributed by atoms with Crippen molar-refractivity contribution < 1.29 is 34.2 Å². The largest absolute Gasteiger partial charge is 0.481 e. The second-order valence-corrected chi connectivity index (χ2v) is 8.58. The fraction of sp³-hybridized carbons (Fsp3) is 0.522. The van der Waals surface area contributed by atoms with Gasteiger partial charge in [0.15, 0.2) is 0 Å². The van der Waals surface area contributed by atoms with Crippen LogP contribution in [0.3, 0.4) is 0 Å². The van der Waals surface area contributed by atoms with Crippen LogP contribution in [0.15, 0.2) is 30.3 Å². The molecule has 4 atom stereocenters. The molecule has 0 radical (unpaired) electrons. The van der Waals surface area contributed by atoms with Crippen molar-refractivity contribution in [3.8, 4) is 0 Å². The number of carboxylic acids is 2. The van der Waals surface area contributed by atoms with Gasteiger partial charge in [0.2, 0.25) is 17.7 Å². The maximum atomic E-state index is 12.9. The van der Waals surface area contributed by atoms with Gasteiger partial charge in [0.1, 0.15) is 18.1 Å². The average Bonchev–Trinajstić information content (AvgIpc) is 2.84. The average molecular weight is 526 g/mol. The van der Waals surface area contributed by atoms with Crippen LogP contribution in [0.4, 0.5) is 0 Å². The molecule has 4 unspecified atom stereocenters. The van der Waals surface area contributed by atoms with Gasteiger partial charge in [-0.2, -0.15) is 12.6 Å². The Morgan fingerprint density at radius 3 is 1.97 bits per heavy atom. The molecule has 0 saturated carbocycles. The van der Waals surface area contributed by atoms with Crippen molar-refractivity contribution in [2.24, 2.45) is 11.5 Å². The molecule has 1 aromatic rings. The standard InChI is InChI=1S/C23H35N5O7S/c24-11-5-4-8-15(25)20(31)26-16(9-10-19(29)30)21(32)28-18(13-36)22(33)27-17(23(34)35)12-14-6-2-1-3-7-14/h1-3,6-7,15-18,36H,4-5,8-13,24-25H2,(H,26,31)(H,27,33)(H,28,32)(H,29,30)(H,34,35). The Hall–Kier alpha value is -3.16. The maximum absolute atomic E-state index is 12.9. The molecule has 9 N–H and O–H groups in total. The number of unbranched alkanes of at least 4 members (excludes halogenated alkanes) is 1. The lowest BCUT2D eigenvalue weighted by Crippen LogP contribution is -2.57. The van der Waals surface area contributed by atoms with E-state index in [1.165, 1.54) is 0 Å². The number of hydrogen-bond acceptors (Lipinski definition) is 8. The van der Waals surface area contributed by atoms with Crippen molar-refractivity contribution in [3.63, 3.8) is 0 Å². The Balaban J connectivity index is 2.85. The minimum atomic E-state index is -1.27. The lowest BCUT2D eigenvalue weighted by molar-refractivity contribution is -0.142. The van der Waals surface area contributed by atoms with E-state index in [-0.39, 0.29) is 18.6 Å². The van der Waals surface area contributed by atoms with Gasteiger partial charge < -0.3 is 37.6 Å². The number of carboxylic acid groups (broad SMARTS) is 2. The minimum Gasteiger partial charge on any atom is -0.481 e. The predicted octanol–water partition coefficient (Wildman–Crippen LogP) is -0.981. The summed E-state index contributed by atoms with van der Waals surface area (Å²) in [5.74, 6) is -4.85. The second kappa shape index (κ2) is 16.5. The molecule has 3 amide bonds. The van der Waals surface area contributed by atoms with E-state index in [1.807, 2.05) is 0 Å². The second-order valence-electron chi connectivity index (χ2n) is 8.22. The van der Waals surface area contributed by atoms with Crippen LogP contribution in [0.1, 0.15) is 37.7 Å². The quantitative estimate of drug-likeness (QED) is 0.0925. The van der Waals surface area contributed by atoms with Gasteiger partial charge in [0.25, 0.3) is 0 Å². The van der Waals surface area contributed by atoms with E-state index in [0.29, 0.717) is 31.4 Å². The Bertz CT molecular complexity index is 887. The van der Waals surface area contributed by atoms with Crippen LogP contribution in [0.2, 0.25) is 0 Å². The summed E-state index contributed by atoms with van der Waals surface area (Å²) in [6.45, 7) is 0.444.